The second kappa shape index (κ2) is 11.0. The van der Waals surface area contributed by atoms with Gasteiger partial charge in [-0.15, -0.1) is 0 Å². The molecule has 0 aromatic rings. The summed E-state index contributed by atoms with van der Waals surface area (Å²) in [6.45, 7) is 6.36. The molecule has 2 fully saturated rings. The van der Waals surface area contributed by atoms with Crippen molar-refractivity contribution in [3.05, 3.63) is 11.6 Å². The molecule has 10 atom stereocenters. The predicted octanol–water partition coefficient (Wildman–Crippen LogP) is -1.07. The Kier molecular flexibility index (Phi) is 9.04. The van der Waals surface area contributed by atoms with Crippen molar-refractivity contribution in [3.8, 4) is 0 Å². The van der Waals surface area contributed by atoms with Gasteiger partial charge in [0.2, 0.25) is 0 Å². The van der Waals surface area contributed by atoms with Gasteiger partial charge in [0, 0.05) is 0 Å². The molecule has 3 rings (SSSR count). The zero-order chi connectivity index (χ0) is 26.2. The number of aliphatic hydroxyl groups is 7. The first-order valence-electron chi connectivity index (χ1n) is 12.2. The summed E-state index contributed by atoms with van der Waals surface area (Å²) < 4.78 is 22.1. The van der Waals surface area contributed by atoms with Crippen LogP contribution < -0.4 is 0 Å². The lowest BCUT2D eigenvalue weighted by atomic mass is 9.63. The molecule has 3 aliphatic rings. The van der Waals surface area contributed by atoms with Crippen LogP contribution in [0.25, 0.3) is 0 Å². The van der Waals surface area contributed by atoms with Crippen molar-refractivity contribution < 1.29 is 54.7 Å². The number of hydrogen-bond acceptors (Lipinski definition) is 11. The van der Waals surface area contributed by atoms with Crippen LogP contribution in [0.2, 0.25) is 0 Å². The van der Waals surface area contributed by atoms with Gasteiger partial charge in [-0.2, -0.15) is 0 Å². The van der Waals surface area contributed by atoms with E-state index in [9.17, 15) is 35.7 Å². The molecule has 0 bridgehead atoms. The minimum atomic E-state index is -1.86. The molecule has 0 amide bonds. The third-order valence-corrected chi connectivity index (χ3v) is 7.94. The number of ether oxygens (including phenoxy) is 4. The van der Waals surface area contributed by atoms with E-state index < -0.39 is 67.0 Å². The summed E-state index contributed by atoms with van der Waals surface area (Å²) in [5.41, 5.74) is -2.22. The molecule has 0 aromatic heterocycles. The van der Waals surface area contributed by atoms with E-state index in [2.05, 4.69) is 6.08 Å². The molecule has 11 nitrogen and oxygen atoms in total. The fourth-order valence-corrected chi connectivity index (χ4v) is 5.09. The second-order valence-corrected chi connectivity index (χ2v) is 10.9. The molecule has 0 radical (unpaired) electrons. The average molecular weight is 507 g/mol. The first-order chi connectivity index (χ1) is 16.3. The van der Waals surface area contributed by atoms with Crippen LogP contribution >= 0.6 is 0 Å². The van der Waals surface area contributed by atoms with Crippen LogP contribution in [-0.4, -0.2) is 116 Å². The Hall–Kier alpha value is -0.700. The standard InChI is InChI=1S/C24H42O11/c1-13-6-5-8-22(3,4)24(13,31)9-7-14(2)34-20-18(28)17(27)16(26)15(35-20)10-32-21-19(29)23(30,11-25)12-33-21/h6,14-21,25-31H,5,7-12H2,1-4H3/t14-,15-,16-,17+,18-,19+,20+,21-,23-,24-/m1/s1. The third kappa shape index (κ3) is 5.75. The highest BCUT2D eigenvalue weighted by Crippen LogP contribution is 2.47. The first kappa shape index (κ1) is 28.9. The van der Waals surface area contributed by atoms with Crippen molar-refractivity contribution >= 4 is 0 Å². The SMILES string of the molecule is CC1=CCCC(C)(C)[C@@]1(O)CC[C@@H](C)O[C@H]1O[C@H](CO[C@@H]2OC[C@](O)(CO)[C@H]2O)[C@@H](O)[C@H](O)[C@H]1O. The average Bonchev–Trinajstić information content (AvgIpc) is 3.10. The van der Waals surface area contributed by atoms with Crippen LogP contribution in [0.1, 0.15) is 53.4 Å². The van der Waals surface area contributed by atoms with Crippen molar-refractivity contribution in [2.24, 2.45) is 5.41 Å². The smallest absolute Gasteiger partial charge is 0.186 e. The maximum Gasteiger partial charge on any atom is 0.186 e. The van der Waals surface area contributed by atoms with Crippen LogP contribution in [0.15, 0.2) is 11.6 Å². The van der Waals surface area contributed by atoms with E-state index in [-0.39, 0.29) is 18.6 Å². The van der Waals surface area contributed by atoms with Gasteiger partial charge in [0.25, 0.3) is 0 Å². The topological polar surface area (TPSA) is 179 Å². The van der Waals surface area contributed by atoms with Crippen LogP contribution in [0.4, 0.5) is 0 Å². The normalized spacial score (nSPS) is 44.8. The second-order valence-electron chi connectivity index (χ2n) is 10.9. The van der Waals surface area contributed by atoms with Crippen molar-refractivity contribution in [2.75, 3.05) is 19.8 Å². The summed E-state index contributed by atoms with van der Waals surface area (Å²) in [7, 11) is 0. The van der Waals surface area contributed by atoms with Gasteiger partial charge in [-0.3, -0.25) is 0 Å². The molecule has 0 unspecified atom stereocenters. The van der Waals surface area contributed by atoms with Gasteiger partial charge in [0.1, 0.15) is 36.1 Å². The lowest BCUT2D eigenvalue weighted by Crippen LogP contribution is -2.60. The Morgan fingerprint density at radius 3 is 2.37 bits per heavy atom. The summed E-state index contributed by atoms with van der Waals surface area (Å²) in [5, 5.41) is 71.9. The first-order valence-corrected chi connectivity index (χ1v) is 12.2. The van der Waals surface area contributed by atoms with E-state index in [0.29, 0.717) is 12.8 Å². The quantitative estimate of drug-likeness (QED) is 0.189. The van der Waals surface area contributed by atoms with E-state index in [1.165, 1.54) is 0 Å². The summed E-state index contributed by atoms with van der Waals surface area (Å²) in [6, 6.07) is 0. The molecule has 2 heterocycles. The molecule has 7 N–H and O–H groups in total. The largest absolute Gasteiger partial charge is 0.393 e. The summed E-state index contributed by atoms with van der Waals surface area (Å²) >= 11 is 0. The Morgan fingerprint density at radius 2 is 1.77 bits per heavy atom. The van der Waals surface area contributed by atoms with E-state index in [1.807, 2.05) is 20.8 Å². The summed E-state index contributed by atoms with van der Waals surface area (Å²) in [4.78, 5) is 0. The number of hydrogen-bond donors (Lipinski definition) is 7. The molecule has 2 saturated heterocycles. The third-order valence-electron chi connectivity index (χ3n) is 7.94. The van der Waals surface area contributed by atoms with Gasteiger partial charge in [0.05, 0.1) is 31.5 Å². The lowest BCUT2D eigenvalue weighted by molar-refractivity contribution is -0.318. The minimum Gasteiger partial charge on any atom is -0.393 e. The molecular weight excluding hydrogens is 464 g/mol. The molecule has 204 valence electrons. The maximum atomic E-state index is 11.4. The molecule has 0 saturated carbocycles. The van der Waals surface area contributed by atoms with Gasteiger partial charge in [0.15, 0.2) is 12.6 Å². The zero-order valence-corrected chi connectivity index (χ0v) is 20.9. The maximum absolute atomic E-state index is 11.4. The Balaban J connectivity index is 1.57. The van der Waals surface area contributed by atoms with E-state index in [4.69, 9.17) is 18.9 Å². The van der Waals surface area contributed by atoms with Crippen LogP contribution in [0.3, 0.4) is 0 Å². The monoisotopic (exact) mass is 506 g/mol. The molecule has 35 heavy (non-hydrogen) atoms. The Morgan fingerprint density at radius 1 is 1.09 bits per heavy atom. The minimum absolute atomic E-state index is 0.301. The van der Waals surface area contributed by atoms with Gasteiger partial charge < -0.3 is 54.7 Å². The zero-order valence-electron chi connectivity index (χ0n) is 20.9. The highest BCUT2D eigenvalue weighted by atomic mass is 16.7. The molecule has 11 heteroatoms. The van der Waals surface area contributed by atoms with Crippen LogP contribution in [0.5, 0.6) is 0 Å². The lowest BCUT2D eigenvalue weighted by Gasteiger charge is -2.47. The fraction of sp³-hybridized carbons (Fsp3) is 0.917. The summed E-state index contributed by atoms with van der Waals surface area (Å²) in [6.07, 6.45) is -5.53. The Bertz CT molecular complexity index is 745. The number of aliphatic hydroxyl groups excluding tert-OH is 5. The highest BCUT2D eigenvalue weighted by molar-refractivity contribution is 5.22. The van der Waals surface area contributed by atoms with Crippen molar-refractivity contribution in [1.82, 2.24) is 0 Å². The highest BCUT2D eigenvalue weighted by Gasteiger charge is 2.50. The van der Waals surface area contributed by atoms with Gasteiger partial charge in [-0.1, -0.05) is 19.9 Å². The Labute approximate surface area is 205 Å². The molecule has 1 aliphatic carbocycles. The molecule has 0 aromatic carbocycles. The van der Waals surface area contributed by atoms with Crippen LogP contribution in [-0.2, 0) is 18.9 Å². The fourth-order valence-electron chi connectivity index (χ4n) is 5.09. The van der Waals surface area contributed by atoms with E-state index >= 15 is 0 Å². The molecule has 0 spiro atoms. The van der Waals surface area contributed by atoms with Gasteiger partial charge >= 0.3 is 0 Å². The molecule has 2 aliphatic heterocycles. The van der Waals surface area contributed by atoms with Gasteiger partial charge in [-0.25, -0.2) is 0 Å². The number of allylic oxidation sites excluding steroid dienone is 1. The summed E-state index contributed by atoms with van der Waals surface area (Å²) in [5.74, 6) is 0. The number of rotatable bonds is 9. The van der Waals surface area contributed by atoms with E-state index in [0.717, 1.165) is 18.4 Å². The van der Waals surface area contributed by atoms with E-state index in [1.54, 1.807) is 6.92 Å². The predicted molar refractivity (Wildman–Crippen MR) is 122 cm³/mol. The van der Waals surface area contributed by atoms with Gasteiger partial charge in [-0.05, 0) is 50.5 Å². The van der Waals surface area contributed by atoms with Crippen molar-refractivity contribution in [1.29, 1.82) is 0 Å². The molecular formula is C24H42O11. The van der Waals surface area contributed by atoms with Crippen molar-refractivity contribution in [2.45, 2.75) is 114 Å². The van der Waals surface area contributed by atoms with Crippen molar-refractivity contribution in [3.63, 3.8) is 0 Å². The van der Waals surface area contributed by atoms with Crippen LogP contribution in [0, 0.1) is 5.41 Å².